The second-order valence-electron chi connectivity index (χ2n) is 5.07. The summed E-state index contributed by atoms with van der Waals surface area (Å²) in [5.41, 5.74) is 2.12. The zero-order valence-corrected chi connectivity index (χ0v) is 11.5. The highest BCUT2D eigenvalue weighted by atomic mass is 35.5. The standard InChI is InChI=1S/C14H17FN2O.ClH/c15-12-4-3-10-5-7-17(9-11(10)8-12)14(18)13-2-1-6-16-13;/h3-4,8,13,16H,1-2,5-7,9H2;1H. The van der Waals surface area contributed by atoms with Gasteiger partial charge in [0.05, 0.1) is 6.04 Å². The fourth-order valence-corrected chi connectivity index (χ4v) is 2.83. The van der Waals surface area contributed by atoms with Gasteiger partial charge in [0.2, 0.25) is 5.91 Å². The Hall–Kier alpha value is -1.13. The van der Waals surface area contributed by atoms with Crippen LogP contribution in [0.4, 0.5) is 4.39 Å². The van der Waals surface area contributed by atoms with Gasteiger partial charge < -0.3 is 10.2 Å². The monoisotopic (exact) mass is 284 g/mol. The fourth-order valence-electron chi connectivity index (χ4n) is 2.83. The molecule has 2 aliphatic rings. The molecule has 1 saturated heterocycles. The maximum absolute atomic E-state index is 13.2. The third-order valence-corrected chi connectivity index (χ3v) is 3.85. The number of amides is 1. The van der Waals surface area contributed by atoms with E-state index in [9.17, 15) is 9.18 Å². The molecule has 5 heteroatoms. The van der Waals surface area contributed by atoms with Gasteiger partial charge in [-0.25, -0.2) is 4.39 Å². The molecule has 3 rings (SSSR count). The van der Waals surface area contributed by atoms with E-state index < -0.39 is 0 Å². The first-order chi connectivity index (χ1) is 8.74. The van der Waals surface area contributed by atoms with E-state index >= 15 is 0 Å². The molecule has 0 aliphatic carbocycles. The highest BCUT2D eigenvalue weighted by Gasteiger charge is 2.29. The van der Waals surface area contributed by atoms with Gasteiger partial charge in [-0.05, 0) is 49.1 Å². The maximum atomic E-state index is 13.2. The van der Waals surface area contributed by atoms with Crippen LogP contribution in [0.5, 0.6) is 0 Å². The maximum Gasteiger partial charge on any atom is 0.240 e. The van der Waals surface area contributed by atoms with E-state index in [-0.39, 0.29) is 30.2 Å². The number of hydrogen-bond acceptors (Lipinski definition) is 2. The number of halogens is 2. The number of hydrogen-bond donors (Lipinski definition) is 1. The van der Waals surface area contributed by atoms with Crippen LogP contribution in [0.1, 0.15) is 24.0 Å². The van der Waals surface area contributed by atoms with Gasteiger partial charge >= 0.3 is 0 Å². The SMILES string of the molecule is Cl.O=C(C1CCCN1)N1CCc2ccc(F)cc2C1. The lowest BCUT2D eigenvalue weighted by atomic mass is 9.99. The third-order valence-electron chi connectivity index (χ3n) is 3.85. The topological polar surface area (TPSA) is 32.3 Å². The Morgan fingerprint density at radius 3 is 2.95 bits per heavy atom. The van der Waals surface area contributed by atoms with Crippen molar-refractivity contribution < 1.29 is 9.18 Å². The normalized spacial score (nSPS) is 21.7. The number of benzene rings is 1. The van der Waals surface area contributed by atoms with Crippen LogP contribution < -0.4 is 5.32 Å². The van der Waals surface area contributed by atoms with Gasteiger partial charge in [-0.3, -0.25) is 4.79 Å². The van der Waals surface area contributed by atoms with Crippen molar-refractivity contribution in [3.63, 3.8) is 0 Å². The molecule has 0 bridgehead atoms. The van der Waals surface area contributed by atoms with E-state index in [1.54, 1.807) is 6.07 Å². The second kappa shape index (κ2) is 5.88. The van der Waals surface area contributed by atoms with E-state index in [4.69, 9.17) is 0 Å². The van der Waals surface area contributed by atoms with Crippen molar-refractivity contribution in [2.45, 2.75) is 31.8 Å². The van der Waals surface area contributed by atoms with Crippen molar-refractivity contribution in [2.75, 3.05) is 13.1 Å². The number of fused-ring (bicyclic) bond motifs is 1. The van der Waals surface area contributed by atoms with Crippen LogP contribution >= 0.6 is 12.4 Å². The molecule has 3 nitrogen and oxygen atoms in total. The summed E-state index contributed by atoms with van der Waals surface area (Å²) in [6, 6.07) is 4.85. The summed E-state index contributed by atoms with van der Waals surface area (Å²) in [6.07, 6.45) is 2.81. The summed E-state index contributed by atoms with van der Waals surface area (Å²) in [6.45, 7) is 2.22. The molecule has 0 radical (unpaired) electrons. The van der Waals surface area contributed by atoms with Crippen LogP contribution in [0.15, 0.2) is 18.2 Å². The summed E-state index contributed by atoms with van der Waals surface area (Å²) >= 11 is 0. The van der Waals surface area contributed by atoms with E-state index in [1.807, 2.05) is 11.0 Å². The highest BCUT2D eigenvalue weighted by Crippen LogP contribution is 2.21. The lowest BCUT2D eigenvalue weighted by molar-refractivity contribution is -0.134. The van der Waals surface area contributed by atoms with E-state index in [0.29, 0.717) is 6.54 Å². The molecule has 0 spiro atoms. The van der Waals surface area contributed by atoms with Gasteiger partial charge in [-0.1, -0.05) is 6.07 Å². The van der Waals surface area contributed by atoms with Crippen molar-refractivity contribution in [3.8, 4) is 0 Å². The summed E-state index contributed by atoms with van der Waals surface area (Å²) in [5.74, 6) is -0.0514. The summed E-state index contributed by atoms with van der Waals surface area (Å²) in [4.78, 5) is 14.1. The molecule has 0 aromatic heterocycles. The first-order valence-corrected chi connectivity index (χ1v) is 6.53. The molecule has 1 N–H and O–H groups in total. The Bertz CT molecular complexity index is 475. The van der Waals surface area contributed by atoms with Gasteiger partial charge in [-0.2, -0.15) is 0 Å². The highest BCUT2D eigenvalue weighted by molar-refractivity contribution is 5.85. The number of nitrogens with zero attached hydrogens (tertiary/aromatic N) is 1. The van der Waals surface area contributed by atoms with Gasteiger partial charge in [0.25, 0.3) is 0 Å². The lowest BCUT2D eigenvalue weighted by Crippen LogP contribution is -2.45. The van der Waals surface area contributed by atoms with Crippen molar-refractivity contribution >= 4 is 18.3 Å². The third kappa shape index (κ3) is 2.90. The van der Waals surface area contributed by atoms with Crippen LogP contribution in [0, 0.1) is 5.82 Å². The molecule has 1 atom stereocenters. The molecule has 1 unspecified atom stereocenters. The Morgan fingerprint density at radius 2 is 2.21 bits per heavy atom. The number of nitrogens with one attached hydrogen (secondary N) is 1. The molecular formula is C14H18ClFN2O. The summed E-state index contributed by atoms with van der Waals surface area (Å²) in [5, 5.41) is 3.22. The van der Waals surface area contributed by atoms with Gasteiger partial charge in [0.15, 0.2) is 0 Å². The number of rotatable bonds is 1. The van der Waals surface area contributed by atoms with Gasteiger partial charge in [0, 0.05) is 13.1 Å². The van der Waals surface area contributed by atoms with Crippen LogP contribution in [0.2, 0.25) is 0 Å². The summed E-state index contributed by atoms with van der Waals surface area (Å²) < 4.78 is 13.2. The predicted molar refractivity (Wildman–Crippen MR) is 73.8 cm³/mol. The molecular weight excluding hydrogens is 267 g/mol. The van der Waals surface area contributed by atoms with Crippen LogP contribution in [-0.4, -0.2) is 29.9 Å². The van der Waals surface area contributed by atoms with Crippen LogP contribution in [0.3, 0.4) is 0 Å². The van der Waals surface area contributed by atoms with Crippen LogP contribution in [0.25, 0.3) is 0 Å². The first kappa shape index (κ1) is 14.3. The minimum Gasteiger partial charge on any atom is -0.337 e. The molecule has 104 valence electrons. The largest absolute Gasteiger partial charge is 0.337 e. The minimum atomic E-state index is -0.220. The van der Waals surface area contributed by atoms with E-state index in [1.165, 1.54) is 11.6 Å². The van der Waals surface area contributed by atoms with Gasteiger partial charge in [0.1, 0.15) is 5.82 Å². The minimum absolute atomic E-state index is 0. The Balaban J connectivity index is 0.00000133. The first-order valence-electron chi connectivity index (χ1n) is 6.53. The van der Waals surface area contributed by atoms with E-state index in [0.717, 1.165) is 37.9 Å². The Labute approximate surface area is 118 Å². The molecule has 1 amide bonds. The average Bonchev–Trinajstić information content (AvgIpc) is 2.90. The average molecular weight is 285 g/mol. The second-order valence-corrected chi connectivity index (χ2v) is 5.07. The zero-order chi connectivity index (χ0) is 12.5. The molecule has 0 saturated carbocycles. The molecule has 19 heavy (non-hydrogen) atoms. The quantitative estimate of drug-likeness (QED) is 0.854. The fraction of sp³-hybridized carbons (Fsp3) is 0.500. The van der Waals surface area contributed by atoms with Crippen molar-refractivity contribution in [1.82, 2.24) is 10.2 Å². The lowest BCUT2D eigenvalue weighted by Gasteiger charge is -2.30. The molecule has 2 aliphatic heterocycles. The predicted octanol–water partition coefficient (Wildman–Crippen LogP) is 1.88. The van der Waals surface area contributed by atoms with Crippen molar-refractivity contribution in [3.05, 3.63) is 35.1 Å². The van der Waals surface area contributed by atoms with E-state index in [2.05, 4.69) is 5.32 Å². The van der Waals surface area contributed by atoms with Crippen molar-refractivity contribution in [2.24, 2.45) is 0 Å². The number of carbonyl (C=O) groups is 1. The molecule has 1 fully saturated rings. The molecule has 1 aromatic carbocycles. The molecule has 1 aromatic rings. The smallest absolute Gasteiger partial charge is 0.240 e. The van der Waals surface area contributed by atoms with Gasteiger partial charge in [-0.15, -0.1) is 12.4 Å². The number of carbonyl (C=O) groups excluding carboxylic acids is 1. The van der Waals surface area contributed by atoms with Crippen molar-refractivity contribution in [1.29, 1.82) is 0 Å². The zero-order valence-electron chi connectivity index (χ0n) is 10.7. The Morgan fingerprint density at radius 1 is 1.37 bits per heavy atom. The molecule has 2 heterocycles. The Kier molecular flexibility index (Phi) is 4.42. The summed E-state index contributed by atoms with van der Waals surface area (Å²) in [7, 11) is 0. The van der Waals surface area contributed by atoms with Crippen LogP contribution in [-0.2, 0) is 17.8 Å².